The van der Waals surface area contributed by atoms with Crippen LogP contribution in [-0.2, 0) is 0 Å². The molecule has 0 atom stereocenters. The van der Waals surface area contributed by atoms with Crippen molar-refractivity contribution in [3.8, 4) is 0 Å². The lowest BCUT2D eigenvalue weighted by Crippen LogP contribution is -2.42. The zero-order chi connectivity index (χ0) is 32.0. The molecule has 0 saturated carbocycles. The number of hydrogen-bond donors (Lipinski definition) is 0. The largest absolute Gasteiger partial charge is 0.339 e. The number of anilines is 8. The van der Waals surface area contributed by atoms with Gasteiger partial charge in [-0.15, -0.1) is 0 Å². The molecular weight excluding hydrogens is 572 g/mol. The Bertz CT molecular complexity index is 1960. The van der Waals surface area contributed by atoms with Crippen molar-refractivity contribution >= 4 is 56.9 Å². The molecule has 5 aromatic rings. The molecule has 0 aliphatic carbocycles. The third kappa shape index (κ3) is 4.73. The van der Waals surface area contributed by atoms with Crippen molar-refractivity contribution in [2.75, 3.05) is 47.8 Å². The van der Waals surface area contributed by atoms with E-state index >= 15 is 0 Å². The molecular formula is C30H24N6O8. The van der Waals surface area contributed by atoms with Crippen LogP contribution in [0.4, 0.5) is 56.9 Å². The Morgan fingerprint density at radius 2 is 0.705 bits per heavy atom. The maximum atomic E-state index is 12.7. The van der Waals surface area contributed by atoms with Gasteiger partial charge in [0, 0.05) is 75.2 Å². The second kappa shape index (κ2) is 10.9. The van der Waals surface area contributed by atoms with Gasteiger partial charge in [0.1, 0.15) is 22.7 Å². The number of hydrogen-bond acceptors (Lipinski definition) is 12. The minimum Gasteiger partial charge on any atom is -0.339 e. The van der Waals surface area contributed by atoms with Crippen LogP contribution in [0.25, 0.3) is 0 Å². The molecule has 44 heavy (non-hydrogen) atoms. The van der Waals surface area contributed by atoms with E-state index in [-0.39, 0.29) is 34.1 Å². The van der Waals surface area contributed by atoms with Crippen LogP contribution in [0.2, 0.25) is 0 Å². The highest BCUT2D eigenvalue weighted by Crippen LogP contribution is 2.37. The number of nitro benzene ring substituents is 2. The summed E-state index contributed by atoms with van der Waals surface area (Å²) in [6.07, 6.45) is 0. The Balaban J connectivity index is 1.47. The maximum absolute atomic E-state index is 12.7. The summed E-state index contributed by atoms with van der Waals surface area (Å²) in [6, 6.07) is 18.0. The highest BCUT2D eigenvalue weighted by atomic mass is 16.6. The summed E-state index contributed by atoms with van der Waals surface area (Å²) in [7, 11) is 6.22. The van der Waals surface area contributed by atoms with Gasteiger partial charge >= 0.3 is 0 Å². The molecule has 0 radical (unpaired) electrons. The monoisotopic (exact) mass is 596 g/mol. The highest BCUT2D eigenvalue weighted by Gasteiger charge is 2.31. The third-order valence-corrected chi connectivity index (χ3v) is 7.52. The van der Waals surface area contributed by atoms with Gasteiger partial charge in [0.15, 0.2) is 0 Å². The Morgan fingerprint density at radius 1 is 0.455 bits per heavy atom. The summed E-state index contributed by atoms with van der Waals surface area (Å²) in [5.41, 5.74) is -1.41. The van der Waals surface area contributed by atoms with Gasteiger partial charge in [0.2, 0.25) is 0 Å². The molecule has 0 aliphatic heterocycles. The van der Waals surface area contributed by atoms with Crippen LogP contribution in [0.1, 0.15) is 0 Å². The molecule has 0 saturated heterocycles. The van der Waals surface area contributed by atoms with Crippen molar-refractivity contribution in [1.29, 1.82) is 0 Å². The summed E-state index contributed by atoms with van der Waals surface area (Å²) in [4.78, 5) is 78.0. The second-order valence-electron chi connectivity index (χ2n) is 10.0. The van der Waals surface area contributed by atoms with E-state index in [4.69, 9.17) is 0 Å². The molecule has 5 rings (SSSR count). The number of nitro groups is 2. The molecule has 14 heteroatoms. The predicted octanol–water partition coefficient (Wildman–Crippen LogP) is 3.77. The quantitative estimate of drug-likeness (QED) is 0.130. The lowest BCUT2D eigenvalue weighted by Gasteiger charge is -2.30. The molecule has 0 bridgehead atoms. The zero-order valence-electron chi connectivity index (χ0n) is 23.9. The van der Waals surface area contributed by atoms with Crippen LogP contribution in [0.15, 0.2) is 92.0 Å². The lowest BCUT2D eigenvalue weighted by atomic mass is 10.1. The Morgan fingerprint density at radius 3 is 0.977 bits per heavy atom. The average molecular weight is 597 g/mol. The minimum atomic E-state index is -0.744. The van der Waals surface area contributed by atoms with Gasteiger partial charge < -0.3 is 19.6 Å². The molecule has 0 spiro atoms. The molecule has 222 valence electrons. The fourth-order valence-corrected chi connectivity index (χ4v) is 5.04. The van der Waals surface area contributed by atoms with Crippen molar-refractivity contribution in [2.24, 2.45) is 0 Å². The van der Waals surface area contributed by atoms with Crippen LogP contribution >= 0.6 is 0 Å². The number of benzene rings is 3. The number of non-ortho nitro benzene ring substituents is 2. The second-order valence-corrected chi connectivity index (χ2v) is 10.0. The van der Waals surface area contributed by atoms with Gasteiger partial charge in [-0.2, -0.15) is 0 Å². The molecule has 0 aromatic heterocycles. The molecule has 0 fully saturated rings. The summed E-state index contributed by atoms with van der Waals surface area (Å²) in [5.74, 6) is 0. The molecule has 5 aromatic carbocycles. The van der Waals surface area contributed by atoms with Crippen LogP contribution in [0, 0.1) is 20.2 Å². The van der Waals surface area contributed by atoms with Crippen molar-refractivity contribution in [1.82, 2.24) is 0 Å². The average Bonchev–Trinajstić information content (AvgIpc) is 3.03. The Hall–Kier alpha value is -6.18. The molecule has 0 unspecified atom stereocenters. The van der Waals surface area contributed by atoms with E-state index in [0.717, 1.165) is 0 Å². The SMILES string of the molecule is CN(c1cccc(N(C)c2c(N(C)c3cccc([N+](=O)[O-])c3)c(=O)c2=O)c1)c1c(N(C)c2cccc([N+](=O)[O-])c2)c(=O)c1=O. The summed E-state index contributed by atoms with van der Waals surface area (Å²) in [5, 5.41) is 22.5. The van der Waals surface area contributed by atoms with Gasteiger partial charge in [-0.05, 0) is 30.3 Å². The Kier molecular flexibility index (Phi) is 7.27. The van der Waals surface area contributed by atoms with Gasteiger partial charge in [-0.1, -0.05) is 18.2 Å². The first kappa shape index (κ1) is 29.3. The predicted molar refractivity (Wildman–Crippen MR) is 168 cm³/mol. The van der Waals surface area contributed by atoms with E-state index in [1.807, 2.05) is 0 Å². The highest BCUT2D eigenvalue weighted by molar-refractivity contribution is 5.88. The van der Waals surface area contributed by atoms with Crippen LogP contribution in [-0.4, -0.2) is 38.0 Å². The van der Waals surface area contributed by atoms with Gasteiger partial charge in [0.25, 0.3) is 33.1 Å². The molecule has 0 heterocycles. The summed E-state index contributed by atoms with van der Waals surface area (Å²) < 4.78 is 0. The summed E-state index contributed by atoms with van der Waals surface area (Å²) >= 11 is 0. The summed E-state index contributed by atoms with van der Waals surface area (Å²) in [6.45, 7) is 0. The van der Waals surface area contributed by atoms with Crippen LogP contribution in [0.3, 0.4) is 0 Å². The topological polar surface area (TPSA) is 168 Å². The van der Waals surface area contributed by atoms with E-state index in [1.54, 1.807) is 50.5 Å². The standard InChI is InChI=1S/C30H24N6O8/c1-31(23-25(29(39)27(23)37)33(3)19-10-6-12-21(15-19)35(41)42)17-8-5-9-18(14-17)32(2)24-26(30(40)28(24)38)34(4)20-11-7-13-22(16-20)36(43)44/h5-16H,1-4H3. The van der Waals surface area contributed by atoms with Crippen molar-refractivity contribution in [3.63, 3.8) is 0 Å². The van der Waals surface area contributed by atoms with Crippen LogP contribution in [0.5, 0.6) is 0 Å². The van der Waals surface area contributed by atoms with Crippen LogP contribution < -0.4 is 41.3 Å². The first-order chi connectivity index (χ1) is 20.8. The van der Waals surface area contributed by atoms with Gasteiger partial charge in [-0.3, -0.25) is 39.4 Å². The normalized spacial score (nSPS) is 11.0. The molecule has 0 amide bonds. The number of rotatable bonds is 10. The first-order valence-corrected chi connectivity index (χ1v) is 13.0. The maximum Gasteiger partial charge on any atom is 0.271 e. The third-order valence-electron chi connectivity index (χ3n) is 7.52. The zero-order valence-corrected chi connectivity index (χ0v) is 23.9. The van der Waals surface area contributed by atoms with Gasteiger partial charge in [-0.25, -0.2) is 0 Å². The lowest BCUT2D eigenvalue weighted by molar-refractivity contribution is -0.385. The van der Waals surface area contributed by atoms with Crippen molar-refractivity contribution in [3.05, 3.63) is 134 Å². The molecule has 0 N–H and O–H groups in total. The van der Waals surface area contributed by atoms with E-state index < -0.39 is 31.6 Å². The molecule has 14 nitrogen and oxygen atoms in total. The minimum absolute atomic E-state index is 0.0556. The van der Waals surface area contributed by atoms with Gasteiger partial charge in [0.05, 0.1) is 9.85 Å². The van der Waals surface area contributed by atoms with Crippen molar-refractivity contribution in [2.45, 2.75) is 0 Å². The fourth-order valence-electron chi connectivity index (χ4n) is 5.04. The smallest absolute Gasteiger partial charge is 0.271 e. The van der Waals surface area contributed by atoms with Crippen molar-refractivity contribution < 1.29 is 9.85 Å². The Labute approximate surface area is 248 Å². The van der Waals surface area contributed by atoms with E-state index in [1.165, 1.54) is 70.1 Å². The van der Waals surface area contributed by atoms with E-state index in [9.17, 15) is 39.4 Å². The van der Waals surface area contributed by atoms with E-state index in [2.05, 4.69) is 0 Å². The van der Waals surface area contributed by atoms with E-state index in [0.29, 0.717) is 22.7 Å². The fraction of sp³-hybridized carbons (Fsp3) is 0.133. The molecule has 0 aliphatic rings. The first-order valence-electron chi connectivity index (χ1n) is 13.0. The number of nitrogens with zero attached hydrogens (tertiary/aromatic N) is 6.